The lowest BCUT2D eigenvalue weighted by molar-refractivity contribution is -0.127. The molecule has 1 fully saturated rings. The minimum atomic E-state index is -0.382. The summed E-state index contributed by atoms with van der Waals surface area (Å²) < 4.78 is 0. The maximum Gasteiger partial charge on any atom is 0.240 e. The third kappa shape index (κ3) is 3.36. The summed E-state index contributed by atoms with van der Waals surface area (Å²) in [5.74, 6) is 0.0810. The van der Waals surface area contributed by atoms with Crippen LogP contribution in [-0.4, -0.2) is 47.3 Å². The maximum atomic E-state index is 12.3. The molecule has 1 rings (SSSR count). The van der Waals surface area contributed by atoms with Crippen molar-refractivity contribution >= 4 is 17.7 Å². The highest BCUT2D eigenvalue weighted by atomic mass is 32.2. The molecule has 3 atom stereocenters. The second-order valence-corrected chi connectivity index (χ2v) is 5.76. The van der Waals surface area contributed by atoms with Crippen LogP contribution in [0.2, 0.25) is 0 Å². The summed E-state index contributed by atoms with van der Waals surface area (Å²) in [4.78, 5) is 12.3. The maximum absolute atomic E-state index is 12.3. The molecule has 0 bridgehead atoms. The predicted octanol–water partition coefficient (Wildman–Crippen LogP) is 0.747. The molecule has 0 saturated carbocycles. The number of amides is 1. The molecule has 0 radical (unpaired) electrons. The summed E-state index contributed by atoms with van der Waals surface area (Å²) in [7, 11) is 0. The van der Waals surface area contributed by atoms with Gasteiger partial charge in [0.25, 0.3) is 0 Å². The van der Waals surface area contributed by atoms with Crippen molar-refractivity contribution in [2.24, 2.45) is 0 Å². The molecule has 1 amide bonds. The summed E-state index contributed by atoms with van der Waals surface area (Å²) >= 11 is 1.58. The Kier molecular flexibility index (Phi) is 5.76. The van der Waals surface area contributed by atoms with Crippen LogP contribution in [0.4, 0.5) is 0 Å². The van der Waals surface area contributed by atoms with Gasteiger partial charge in [-0.1, -0.05) is 6.92 Å². The Morgan fingerprint density at radius 1 is 1.65 bits per heavy atom. The zero-order valence-electron chi connectivity index (χ0n) is 11.0. The van der Waals surface area contributed by atoms with Gasteiger partial charge in [0.15, 0.2) is 0 Å². The van der Waals surface area contributed by atoms with Gasteiger partial charge >= 0.3 is 0 Å². The molecule has 0 spiro atoms. The first-order chi connectivity index (χ1) is 8.09. The second kappa shape index (κ2) is 6.61. The summed E-state index contributed by atoms with van der Waals surface area (Å²) in [5, 5.41) is 15.6. The van der Waals surface area contributed by atoms with Crippen LogP contribution < -0.4 is 10.6 Å². The van der Waals surface area contributed by atoms with Crippen molar-refractivity contribution in [2.45, 2.75) is 49.9 Å². The number of aliphatic hydroxyl groups excluding tert-OH is 1. The Hall–Kier alpha value is -0.260. The van der Waals surface area contributed by atoms with Crippen LogP contribution >= 0.6 is 11.8 Å². The fraction of sp³-hybridized carbons (Fsp3) is 0.917. The van der Waals surface area contributed by atoms with Crippen molar-refractivity contribution < 1.29 is 9.90 Å². The molecule has 0 aromatic rings. The van der Waals surface area contributed by atoms with Crippen LogP contribution in [0, 0.1) is 0 Å². The molecule has 5 heteroatoms. The Labute approximate surface area is 108 Å². The molecule has 1 aliphatic rings. The van der Waals surface area contributed by atoms with E-state index in [1.54, 1.807) is 11.8 Å². The molecule has 3 unspecified atom stereocenters. The molecule has 0 aromatic heterocycles. The van der Waals surface area contributed by atoms with Crippen molar-refractivity contribution in [3.8, 4) is 0 Å². The average Bonchev–Trinajstić information content (AvgIpc) is 2.80. The van der Waals surface area contributed by atoms with Gasteiger partial charge in [-0.2, -0.15) is 11.8 Å². The highest BCUT2D eigenvalue weighted by molar-refractivity contribution is 7.99. The first-order valence-electron chi connectivity index (χ1n) is 6.29. The van der Waals surface area contributed by atoms with E-state index in [9.17, 15) is 9.90 Å². The second-order valence-electron chi connectivity index (χ2n) is 4.68. The van der Waals surface area contributed by atoms with Crippen LogP contribution in [-0.2, 0) is 4.79 Å². The van der Waals surface area contributed by atoms with Gasteiger partial charge in [-0.15, -0.1) is 0 Å². The predicted molar refractivity (Wildman–Crippen MR) is 72.3 cm³/mol. The van der Waals surface area contributed by atoms with Crippen LogP contribution in [0.1, 0.15) is 33.1 Å². The summed E-state index contributed by atoms with van der Waals surface area (Å²) in [5.41, 5.74) is -0.382. The number of hydrogen-bond acceptors (Lipinski definition) is 4. The molecule has 1 aliphatic heterocycles. The number of aliphatic hydroxyl groups is 1. The summed E-state index contributed by atoms with van der Waals surface area (Å²) in [6.45, 7) is 5.00. The van der Waals surface area contributed by atoms with Crippen molar-refractivity contribution in [3.63, 3.8) is 0 Å². The Morgan fingerprint density at radius 2 is 2.35 bits per heavy atom. The molecule has 1 saturated heterocycles. The topological polar surface area (TPSA) is 61.4 Å². The number of thioether (sulfide) groups is 1. The minimum Gasteiger partial charge on any atom is -0.395 e. The number of carbonyl (C=O) groups excluding carboxylic acids is 1. The van der Waals surface area contributed by atoms with Crippen LogP contribution in [0.25, 0.3) is 0 Å². The van der Waals surface area contributed by atoms with E-state index < -0.39 is 0 Å². The molecule has 4 nitrogen and oxygen atoms in total. The van der Waals surface area contributed by atoms with Gasteiger partial charge in [-0.25, -0.2) is 0 Å². The molecule has 1 heterocycles. The van der Waals surface area contributed by atoms with Gasteiger partial charge in [-0.3, -0.25) is 4.79 Å². The normalized spacial score (nSPS) is 27.8. The molecular formula is C12H24N2O2S. The minimum absolute atomic E-state index is 0.00618. The van der Waals surface area contributed by atoms with Gasteiger partial charge in [0.05, 0.1) is 12.1 Å². The third-order valence-electron chi connectivity index (χ3n) is 3.68. The molecule has 100 valence electrons. The first kappa shape index (κ1) is 14.8. The fourth-order valence-corrected chi connectivity index (χ4v) is 2.96. The van der Waals surface area contributed by atoms with E-state index in [0.717, 1.165) is 25.8 Å². The van der Waals surface area contributed by atoms with Crippen molar-refractivity contribution in [2.75, 3.05) is 19.4 Å². The summed E-state index contributed by atoms with van der Waals surface area (Å²) in [6.07, 6.45) is 4.73. The zero-order chi connectivity index (χ0) is 12.9. The van der Waals surface area contributed by atoms with Crippen molar-refractivity contribution in [1.29, 1.82) is 0 Å². The van der Waals surface area contributed by atoms with E-state index in [2.05, 4.69) is 10.6 Å². The van der Waals surface area contributed by atoms with E-state index in [-0.39, 0.29) is 29.3 Å². The van der Waals surface area contributed by atoms with Gasteiger partial charge < -0.3 is 15.7 Å². The Morgan fingerprint density at radius 3 is 2.76 bits per heavy atom. The largest absolute Gasteiger partial charge is 0.395 e. The molecule has 17 heavy (non-hydrogen) atoms. The van der Waals surface area contributed by atoms with Gasteiger partial charge in [0.1, 0.15) is 0 Å². The number of carbonyl (C=O) groups is 1. The van der Waals surface area contributed by atoms with Gasteiger partial charge in [0, 0.05) is 11.3 Å². The number of nitrogens with one attached hydrogen (secondary N) is 2. The van der Waals surface area contributed by atoms with Crippen molar-refractivity contribution in [1.82, 2.24) is 10.6 Å². The molecule has 0 aromatic carbocycles. The standard InChI is InChI=1S/C12H24N2O2S/c1-4-12(6-5-7-13-12)11(16)14-9(2)10(8-15)17-3/h9-10,13,15H,4-8H2,1-3H3,(H,14,16). The van der Waals surface area contributed by atoms with E-state index in [1.807, 2.05) is 20.1 Å². The molecular weight excluding hydrogens is 236 g/mol. The first-order valence-corrected chi connectivity index (χ1v) is 7.58. The highest BCUT2D eigenvalue weighted by Crippen LogP contribution is 2.23. The van der Waals surface area contributed by atoms with Crippen LogP contribution in [0.5, 0.6) is 0 Å². The smallest absolute Gasteiger partial charge is 0.240 e. The number of rotatable bonds is 6. The SMILES string of the molecule is CCC1(C(=O)NC(C)C(CO)SC)CCCN1. The Balaban J connectivity index is 2.58. The van der Waals surface area contributed by atoms with E-state index in [4.69, 9.17) is 0 Å². The molecule has 0 aliphatic carbocycles. The third-order valence-corrected chi connectivity index (χ3v) is 4.84. The highest BCUT2D eigenvalue weighted by Gasteiger charge is 2.39. The van der Waals surface area contributed by atoms with E-state index in [1.165, 1.54) is 0 Å². The van der Waals surface area contributed by atoms with Gasteiger partial charge in [-0.05, 0) is 39.0 Å². The van der Waals surface area contributed by atoms with Crippen molar-refractivity contribution in [3.05, 3.63) is 0 Å². The average molecular weight is 260 g/mol. The monoisotopic (exact) mass is 260 g/mol. The molecule has 3 N–H and O–H groups in total. The van der Waals surface area contributed by atoms with Gasteiger partial charge in [0.2, 0.25) is 5.91 Å². The fourth-order valence-electron chi connectivity index (χ4n) is 2.34. The lowest BCUT2D eigenvalue weighted by Gasteiger charge is -2.30. The van der Waals surface area contributed by atoms with Crippen LogP contribution in [0.3, 0.4) is 0 Å². The van der Waals surface area contributed by atoms with E-state index >= 15 is 0 Å². The lowest BCUT2D eigenvalue weighted by atomic mass is 9.92. The quantitative estimate of drug-likeness (QED) is 0.659. The zero-order valence-corrected chi connectivity index (χ0v) is 11.8. The number of hydrogen-bond donors (Lipinski definition) is 3. The Bertz CT molecular complexity index is 251. The summed E-state index contributed by atoms with van der Waals surface area (Å²) in [6, 6.07) is -0.00618. The lowest BCUT2D eigenvalue weighted by Crippen LogP contribution is -2.56. The van der Waals surface area contributed by atoms with E-state index in [0.29, 0.717) is 0 Å². The van der Waals surface area contributed by atoms with Crippen LogP contribution in [0.15, 0.2) is 0 Å².